The summed E-state index contributed by atoms with van der Waals surface area (Å²) < 4.78 is 0. The Morgan fingerprint density at radius 3 is 2.69 bits per heavy atom. The van der Waals surface area contributed by atoms with E-state index in [4.69, 9.17) is 0 Å². The van der Waals surface area contributed by atoms with Crippen molar-refractivity contribution in [3.8, 4) is 0 Å². The molecule has 1 aliphatic carbocycles. The van der Waals surface area contributed by atoms with Crippen molar-refractivity contribution in [1.82, 2.24) is 4.98 Å². The lowest BCUT2D eigenvalue weighted by Crippen LogP contribution is -2.10. The van der Waals surface area contributed by atoms with E-state index in [0.29, 0.717) is 18.1 Å². The molecule has 2 nitrogen and oxygen atoms in total. The first-order chi connectivity index (χ1) is 7.84. The van der Waals surface area contributed by atoms with Crippen LogP contribution in [0.4, 0.5) is 0 Å². The average Bonchev–Trinajstić information content (AvgIpc) is 2.62. The van der Waals surface area contributed by atoms with Gasteiger partial charge in [-0.1, -0.05) is 38.5 Å². The van der Waals surface area contributed by atoms with Crippen molar-refractivity contribution in [2.24, 2.45) is 5.92 Å². The van der Waals surface area contributed by atoms with E-state index in [0.717, 1.165) is 11.4 Å². The Morgan fingerprint density at radius 2 is 2.06 bits per heavy atom. The Bertz CT molecular complexity index is 313. The predicted octanol–water partition coefficient (Wildman–Crippen LogP) is 3.62. The molecule has 0 spiro atoms. The van der Waals surface area contributed by atoms with E-state index < -0.39 is 0 Å². The zero-order valence-electron chi connectivity index (χ0n) is 9.65. The molecule has 1 aromatic rings. The molecular formula is C13H19NOS. The molecule has 1 fully saturated rings. The lowest BCUT2D eigenvalue weighted by Gasteiger charge is -2.11. The van der Waals surface area contributed by atoms with Crippen LogP contribution in [0.1, 0.15) is 50.0 Å². The number of aromatic nitrogens is 1. The molecule has 0 unspecified atom stereocenters. The minimum atomic E-state index is 0.377. The molecule has 0 bridgehead atoms. The molecule has 0 amide bonds. The van der Waals surface area contributed by atoms with Crippen LogP contribution in [0.25, 0.3) is 0 Å². The Balaban J connectivity index is 1.77. The third-order valence-corrected chi connectivity index (χ3v) is 4.10. The minimum absolute atomic E-state index is 0.377. The lowest BCUT2D eigenvalue weighted by molar-refractivity contribution is -0.119. The van der Waals surface area contributed by atoms with E-state index in [1.54, 1.807) is 17.5 Å². The van der Waals surface area contributed by atoms with Crippen LogP contribution in [-0.4, -0.2) is 10.8 Å². The van der Waals surface area contributed by atoms with Gasteiger partial charge in [0.1, 0.15) is 5.78 Å². The van der Waals surface area contributed by atoms with Crippen molar-refractivity contribution in [1.29, 1.82) is 0 Å². The molecule has 1 heterocycles. The summed E-state index contributed by atoms with van der Waals surface area (Å²) in [5.74, 6) is 1.02. The molecule has 0 N–H and O–H groups in total. The molecule has 88 valence electrons. The highest BCUT2D eigenvalue weighted by Crippen LogP contribution is 2.26. The van der Waals surface area contributed by atoms with E-state index >= 15 is 0 Å². The summed E-state index contributed by atoms with van der Waals surface area (Å²) in [6.07, 6.45) is 11.0. The number of thiazole rings is 1. The second kappa shape index (κ2) is 6.14. The number of hydrogen-bond acceptors (Lipinski definition) is 3. The summed E-state index contributed by atoms with van der Waals surface area (Å²) in [5.41, 5.74) is 0. The zero-order chi connectivity index (χ0) is 11.2. The van der Waals surface area contributed by atoms with Crippen molar-refractivity contribution in [3.05, 3.63) is 16.6 Å². The van der Waals surface area contributed by atoms with E-state index in [1.165, 1.54) is 38.5 Å². The Hall–Kier alpha value is -0.700. The van der Waals surface area contributed by atoms with Crippen LogP contribution in [0.2, 0.25) is 0 Å². The molecule has 0 atom stereocenters. The van der Waals surface area contributed by atoms with Gasteiger partial charge in [0.2, 0.25) is 0 Å². The highest BCUT2D eigenvalue weighted by molar-refractivity contribution is 7.09. The summed E-state index contributed by atoms with van der Waals surface area (Å²) >= 11 is 1.59. The zero-order valence-corrected chi connectivity index (χ0v) is 10.5. The third kappa shape index (κ3) is 3.71. The van der Waals surface area contributed by atoms with Gasteiger partial charge in [0.15, 0.2) is 0 Å². The van der Waals surface area contributed by atoms with E-state index in [9.17, 15) is 4.79 Å². The van der Waals surface area contributed by atoms with Gasteiger partial charge in [-0.3, -0.25) is 4.79 Å². The fourth-order valence-electron chi connectivity index (χ4n) is 2.47. The molecular weight excluding hydrogens is 218 g/mol. The SMILES string of the molecule is O=C(Cc1nccs1)CC1CCCCCC1. The number of carbonyl (C=O) groups excluding carboxylic acids is 1. The first kappa shape index (κ1) is 11.8. The second-order valence-electron chi connectivity index (χ2n) is 4.70. The van der Waals surface area contributed by atoms with Crippen LogP contribution in [0.5, 0.6) is 0 Å². The molecule has 16 heavy (non-hydrogen) atoms. The number of rotatable bonds is 4. The van der Waals surface area contributed by atoms with Crippen molar-refractivity contribution in [3.63, 3.8) is 0 Å². The van der Waals surface area contributed by atoms with E-state index in [1.807, 2.05) is 5.38 Å². The molecule has 0 aromatic carbocycles. The fraction of sp³-hybridized carbons (Fsp3) is 0.692. The quantitative estimate of drug-likeness (QED) is 0.749. The normalized spacial score (nSPS) is 18.2. The van der Waals surface area contributed by atoms with Gasteiger partial charge < -0.3 is 0 Å². The molecule has 3 heteroatoms. The van der Waals surface area contributed by atoms with Gasteiger partial charge in [-0.05, 0) is 5.92 Å². The molecule has 0 radical (unpaired) electrons. The van der Waals surface area contributed by atoms with Gasteiger partial charge >= 0.3 is 0 Å². The predicted molar refractivity (Wildman–Crippen MR) is 66.6 cm³/mol. The van der Waals surface area contributed by atoms with Crippen LogP contribution in [0.15, 0.2) is 11.6 Å². The molecule has 0 aliphatic heterocycles. The maximum atomic E-state index is 11.9. The maximum Gasteiger partial charge on any atom is 0.139 e. The summed E-state index contributed by atoms with van der Waals surface area (Å²) in [6, 6.07) is 0. The standard InChI is InChI=1S/C13H19NOS/c15-12(10-13-14-7-8-16-13)9-11-5-3-1-2-4-6-11/h7-8,11H,1-6,9-10H2. The molecule has 1 saturated carbocycles. The van der Waals surface area contributed by atoms with Gasteiger partial charge in [0.05, 0.1) is 11.4 Å². The van der Waals surface area contributed by atoms with Gasteiger partial charge in [-0.25, -0.2) is 4.98 Å². The van der Waals surface area contributed by atoms with Gasteiger partial charge in [0.25, 0.3) is 0 Å². The van der Waals surface area contributed by atoms with Crippen LogP contribution in [-0.2, 0) is 11.2 Å². The average molecular weight is 237 g/mol. The molecule has 0 saturated heterocycles. The lowest BCUT2D eigenvalue weighted by atomic mass is 9.93. The summed E-state index contributed by atoms with van der Waals surface area (Å²) in [4.78, 5) is 16.0. The van der Waals surface area contributed by atoms with Gasteiger partial charge in [-0.15, -0.1) is 11.3 Å². The van der Waals surface area contributed by atoms with Crippen LogP contribution in [0.3, 0.4) is 0 Å². The van der Waals surface area contributed by atoms with Crippen LogP contribution in [0, 0.1) is 5.92 Å². The van der Waals surface area contributed by atoms with Crippen molar-refractivity contribution in [2.75, 3.05) is 0 Å². The maximum absolute atomic E-state index is 11.9. The number of ketones is 1. The summed E-state index contributed by atoms with van der Waals surface area (Å²) in [5, 5.41) is 2.91. The topological polar surface area (TPSA) is 30.0 Å². The summed E-state index contributed by atoms with van der Waals surface area (Å²) in [6.45, 7) is 0. The molecule has 2 rings (SSSR count). The summed E-state index contributed by atoms with van der Waals surface area (Å²) in [7, 11) is 0. The number of hydrogen-bond donors (Lipinski definition) is 0. The van der Waals surface area contributed by atoms with Gasteiger partial charge in [-0.2, -0.15) is 0 Å². The van der Waals surface area contributed by atoms with E-state index in [-0.39, 0.29) is 0 Å². The van der Waals surface area contributed by atoms with Crippen LogP contribution >= 0.6 is 11.3 Å². The minimum Gasteiger partial charge on any atom is -0.299 e. The smallest absolute Gasteiger partial charge is 0.139 e. The number of Topliss-reactive ketones (excluding diaryl/α,β-unsaturated/α-hetero) is 1. The second-order valence-corrected chi connectivity index (χ2v) is 5.68. The highest BCUT2D eigenvalue weighted by Gasteiger charge is 2.16. The Kier molecular flexibility index (Phi) is 4.52. The van der Waals surface area contributed by atoms with Crippen molar-refractivity contribution >= 4 is 17.1 Å². The first-order valence-corrected chi connectivity index (χ1v) is 7.12. The van der Waals surface area contributed by atoms with Crippen LogP contribution < -0.4 is 0 Å². The Labute approximate surface area is 101 Å². The largest absolute Gasteiger partial charge is 0.299 e. The fourth-order valence-corrected chi connectivity index (χ4v) is 3.12. The molecule has 1 aromatic heterocycles. The van der Waals surface area contributed by atoms with Crippen molar-refractivity contribution in [2.45, 2.75) is 51.4 Å². The Morgan fingerprint density at radius 1 is 1.31 bits per heavy atom. The van der Waals surface area contributed by atoms with Crippen molar-refractivity contribution < 1.29 is 4.79 Å². The number of carbonyl (C=O) groups is 1. The van der Waals surface area contributed by atoms with E-state index in [2.05, 4.69) is 4.98 Å². The third-order valence-electron chi connectivity index (χ3n) is 3.32. The van der Waals surface area contributed by atoms with Gasteiger partial charge in [0, 0.05) is 18.0 Å². The monoisotopic (exact) mass is 237 g/mol. The number of nitrogens with zero attached hydrogens (tertiary/aromatic N) is 1. The molecule has 1 aliphatic rings. The highest BCUT2D eigenvalue weighted by atomic mass is 32.1. The first-order valence-electron chi connectivity index (χ1n) is 6.24.